The van der Waals surface area contributed by atoms with E-state index >= 15 is 0 Å². The van der Waals surface area contributed by atoms with Gasteiger partial charge in [0.15, 0.2) is 0 Å². The minimum absolute atomic E-state index is 0.404. The Morgan fingerprint density at radius 1 is 1.31 bits per heavy atom. The van der Waals surface area contributed by atoms with E-state index in [1.54, 1.807) is 0 Å². The van der Waals surface area contributed by atoms with Gasteiger partial charge in [-0.05, 0) is 45.6 Å². The summed E-state index contributed by atoms with van der Waals surface area (Å²) in [7, 11) is 0. The maximum absolute atomic E-state index is 5.91. The fraction of sp³-hybridized carbons (Fsp3) is 1.00. The van der Waals surface area contributed by atoms with E-state index in [1.165, 1.54) is 45.3 Å². The Balaban J connectivity index is 2.03. The molecule has 0 saturated carbocycles. The van der Waals surface area contributed by atoms with E-state index < -0.39 is 0 Å². The van der Waals surface area contributed by atoms with E-state index in [0.29, 0.717) is 12.1 Å². The van der Waals surface area contributed by atoms with E-state index in [-0.39, 0.29) is 0 Å². The third kappa shape index (κ3) is 5.28. The molecule has 1 unspecified atom stereocenters. The zero-order valence-electron chi connectivity index (χ0n) is 11.0. The van der Waals surface area contributed by atoms with Crippen molar-refractivity contribution in [3.63, 3.8) is 0 Å². The van der Waals surface area contributed by atoms with Crippen LogP contribution < -0.4 is 5.73 Å². The van der Waals surface area contributed by atoms with E-state index in [1.807, 2.05) is 0 Å². The molecule has 3 heteroatoms. The van der Waals surface area contributed by atoms with Crippen LogP contribution in [-0.4, -0.2) is 43.3 Å². The van der Waals surface area contributed by atoms with Crippen LogP contribution in [0.15, 0.2) is 0 Å². The molecule has 0 aromatic heterocycles. The molecule has 3 nitrogen and oxygen atoms in total. The van der Waals surface area contributed by atoms with Crippen LogP contribution in [0.2, 0.25) is 0 Å². The molecule has 96 valence electrons. The second-order valence-corrected chi connectivity index (χ2v) is 4.81. The highest BCUT2D eigenvalue weighted by Gasteiger charge is 2.18. The molecule has 16 heavy (non-hydrogen) atoms. The lowest BCUT2D eigenvalue weighted by molar-refractivity contribution is 0.0139. The number of piperidine rings is 1. The molecule has 1 aliphatic heterocycles. The van der Waals surface area contributed by atoms with Crippen molar-refractivity contribution < 1.29 is 4.74 Å². The average molecular weight is 228 g/mol. The Morgan fingerprint density at radius 2 is 2.00 bits per heavy atom. The summed E-state index contributed by atoms with van der Waals surface area (Å²) in [6.07, 6.45) is 6.43. The molecular formula is C13H28N2O. The lowest BCUT2D eigenvalue weighted by atomic mass is 10.1. The molecule has 0 bridgehead atoms. The summed E-state index contributed by atoms with van der Waals surface area (Å²) in [6, 6.07) is 0.404. The first-order valence-corrected chi connectivity index (χ1v) is 6.85. The maximum atomic E-state index is 5.91. The van der Waals surface area contributed by atoms with Crippen molar-refractivity contribution in [3.8, 4) is 0 Å². The van der Waals surface area contributed by atoms with Gasteiger partial charge in [-0.15, -0.1) is 0 Å². The molecule has 1 heterocycles. The fourth-order valence-electron chi connectivity index (χ4n) is 2.32. The van der Waals surface area contributed by atoms with E-state index in [2.05, 4.69) is 18.7 Å². The number of nitrogens with two attached hydrogens (primary N) is 1. The number of rotatable bonds is 7. The quantitative estimate of drug-likeness (QED) is 0.724. The van der Waals surface area contributed by atoms with Crippen molar-refractivity contribution in [2.24, 2.45) is 5.73 Å². The van der Waals surface area contributed by atoms with Gasteiger partial charge in [0.25, 0.3) is 0 Å². The molecule has 0 aliphatic carbocycles. The van der Waals surface area contributed by atoms with Crippen molar-refractivity contribution in [3.05, 3.63) is 0 Å². The normalized spacial score (nSPS) is 21.2. The summed E-state index contributed by atoms with van der Waals surface area (Å²) in [5.41, 5.74) is 5.91. The third-order valence-electron chi connectivity index (χ3n) is 3.51. The fourth-order valence-corrected chi connectivity index (χ4v) is 2.32. The van der Waals surface area contributed by atoms with Gasteiger partial charge in [0.05, 0.1) is 6.10 Å². The third-order valence-corrected chi connectivity index (χ3v) is 3.51. The van der Waals surface area contributed by atoms with Crippen molar-refractivity contribution in [2.75, 3.05) is 26.2 Å². The lowest BCUT2D eigenvalue weighted by Crippen LogP contribution is -2.38. The Labute approximate surface area is 100 Å². The maximum Gasteiger partial charge on any atom is 0.0599 e. The second kappa shape index (κ2) is 8.04. The molecule has 1 aliphatic rings. The molecule has 0 amide bonds. The highest BCUT2D eigenvalue weighted by molar-refractivity contribution is 4.73. The van der Waals surface area contributed by atoms with Gasteiger partial charge >= 0.3 is 0 Å². The summed E-state index contributed by atoms with van der Waals surface area (Å²) in [5.74, 6) is 0. The topological polar surface area (TPSA) is 38.5 Å². The van der Waals surface area contributed by atoms with Gasteiger partial charge in [0.1, 0.15) is 0 Å². The molecule has 1 atom stereocenters. The monoisotopic (exact) mass is 228 g/mol. The van der Waals surface area contributed by atoms with E-state index in [0.717, 1.165) is 13.0 Å². The highest BCUT2D eigenvalue weighted by atomic mass is 16.5. The lowest BCUT2D eigenvalue weighted by Gasteiger charge is -2.31. The molecule has 1 saturated heterocycles. The van der Waals surface area contributed by atoms with Crippen molar-refractivity contribution >= 4 is 0 Å². The zero-order chi connectivity index (χ0) is 11.8. The molecule has 0 aromatic rings. The van der Waals surface area contributed by atoms with Gasteiger partial charge in [-0.25, -0.2) is 0 Å². The average Bonchev–Trinajstić information content (AvgIpc) is 2.31. The first kappa shape index (κ1) is 13.9. The molecule has 0 radical (unpaired) electrons. The number of hydrogen-bond acceptors (Lipinski definition) is 3. The van der Waals surface area contributed by atoms with Crippen molar-refractivity contribution in [1.82, 2.24) is 4.90 Å². The zero-order valence-corrected chi connectivity index (χ0v) is 11.0. The molecule has 1 fully saturated rings. The summed E-state index contributed by atoms with van der Waals surface area (Å²) in [6.45, 7) is 8.72. The van der Waals surface area contributed by atoms with Crippen molar-refractivity contribution in [1.29, 1.82) is 0 Å². The smallest absolute Gasteiger partial charge is 0.0599 e. The summed E-state index contributed by atoms with van der Waals surface area (Å²) >= 11 is 0. The largest absolute Gasteiger partial charge is 0.378 e. The van der Waals surface area contributed by atoms with E-state index in [9.17, 15) is 0 Å². The first-order valence-electron chi connectivity index (χ1n) is 6.85. The van der Waals surface area contributed by atoms with E-state index in [4.69, 9.17) is 10.5 Å². The van der Waals surface area contributed by atoms with Crippen LogP contribution in [0.4, 0.5) is 0 Å². The van der Waals surface area contributed by atoms with Crippen LogP contribution in [0.3, 0.4) is 0 Å². The van der Waals surface area contributed by atoms with Gasteiger partial charge < -0.3 is 15.4 Å². The van der Waals surface area contributed by atoms with Gasteiger partial charge in [0.2, 0.25) is 0 Å². The van der Waals surface area contributed by atoms with Crippen LogP contribution in [0, 0.1) is 0 Å². The van der Waals surface area contributed by atoms with Crippen LogP contribution in [-0.2, 0) is 4.74 Å². The summed E-state index contributed by atoms with van der Waals surface area (Å²) in [5, 5.41) is 0. The Kier molecular flexibility index (Phi) is 7.01. The summed E-state index contributed by atoms with van der Waals surface area (Å²) < 4.78 is 5.64. The van der Waals surface area contributed by atoms with Crippen LogP contribution in [0.5, 0.6) is 0 Å². The minimum atomic E-state index is 0.404. The highest BCUT2D eigenvalue weighted by Crippen LogP contribution is 2.14. The molecule has 0 spiro atoms. The Hall–Kier alpha value is -0.120. The molecule has 1 rings (SSSR count). The summed E-state index contributed by atoms with van der Waals surface area (Å²) in [4.78, 5) is 2.55. The second-order valence-electron chi connectivity index (χ2n) is 4.81. The predicted octanol–water partition coefficient (Wildman–Crippen LogP) is 2.00. The predicted molar refractivity (Wildman–Crippen MR) is 68.6 cm³/mol. The van der Waals surface area contributed by atoms with Crippen LogP contribution >= 0.6 is 0 Å². The van der Waals surface area contributed by atoms with Crippen LogP contribution in [0.25, 0.3) is 0 Å². The van der Waals surface area contributed by atoms with Gasteiger partial charge in [0, 0.05) is 25.7 Å². The van der Waals surface area contributed by atoms with Crippen LogP contribution in [0.1, 0.15) is 46.0 Å². The molecule has 2 N–H and O–H groups in total. The first-order chi connectivity index (χ1) is 7.76. The number of hydrogen-bond donors (Lipinski definition) is 1. The van der Waals surface area contributed by atoms with Gasteiger partial charge in [-0.1, -0.05) is 6.92 Å². The minimum Gasteiger partial charge on any atom is -0.378 e. The molecular weight excluding hydrogens is 200 g/mol. The molecule has 0 aromatic carbocycles. The Bertz CT molecular complexity index is 167. The van der Waals surface area contributed by atoms with Gasteiger partial charge in [-0.3, -0.25) is 0 Å². The SMILES string of the molecule is CCOC1CCN(CCCC(N)CC)CC1. The number of likely N-dealkylation sites (tertiary alicyclic amines) is 1. The van der Waals surface area contributed by atoms with Crippen molar-refractivity contribution in [2.45, 2.75) is 58.1 Å². The number of nitrogens with zero attached hydrogens (tertiary/aromatic N) is 1. The number of ether oxygens (including phenoxy) is 1. The standard InChI is InChI=1S/C13H28N2O/c1-3-12(14)6-5-9-15-10-7-13(8-11-15)16-4-2/h12-13H,3-11,14H2,1-2H3. The Morgan fingerprint density at radius 3 is 2.56 bits per heavy atom. The van der Waals surface area contributed by atoms with Gasteiger partial charge in [-0.2, -0.15) is 0 Å².